The van der Waals surface area contributed by atoms with Gasteiger partial charge in [-0.15, -0.1) is 0 Å². The zero-order chi connectivity index (χ0) is 15.9. The van der Waals surface area contributed by atoms with Crippen molar-refractivity contribution >= 4 is 23.2 Å². The summed E-state index contributed by atoms with van der Waals surface area (Å²) in [6, 6.07) is 9.19. The van der Waals surface area contributed by atoms with Gasteiger partial charge in [0, 0.05) is 31.3 Å². The minimum Gasteiger partial charge on any atom is -0.456 e. The minimum absolute atomic E-state index is 0.0600. The maximum atomic E-state index is 12.0. The number of amides is 1. The number of hydrogen-bond donors (Lipinski definition) is 0. The maximum Gasteiger partial charge on any atom is 0.271 e. The van der Waals surface area contributed by atoms with Crippen molar-refractivity contribution in [3.63, 3.8) is 0 Å². The van der Waals surface area contributed by atoms with E-state index in [0.29, 0.717) is 23.6 Å². The molecule has 0 atom stereocenters. The highest BCUT2D eigenvalue weighted by Gasteiger charge is 2.24. The van der Waals surface area contributed by atoms with Crippen LogP contribution in [0.4, 0.5) is 5.69 Å². The van der Waals surface area contributed by atoms with Crippen LogP contribution in [0.2, 0.25) is 5.02 Å². The van der Waals surface area contributed by atoms with E-state index in [1.807, 2.05) is 6.07 Å². The Labute approximate surface area is 131 Å². The predicted octanol–water partition coefficient (Wildman–Crippen LogP) is 3.63. The number of fused-ring (bicyclic) bond motifs is 1. The number of carbonyl (C=O) groups is 1. The molecule has 1 aliphatic rings. The average Bonchev–Trinajstić information content (AvgIpc) is 2.76. The Kier molecular flexibility index (Phi) is 3.46. The van der Waals surface area contributed by atoms with Crippen molar-refractivity contribution in [1.82, 2.24) is 4.90 Å². The zero-order valence-electron chi connectivity index (χ0n) is 11.6. The normalized spacial score (nSPS) is 13.2. The van der Waals surface area contributed by atoms with E-state index in [-0.39, 0.29) is 16.6 Å². The molecule has 2 aromatic rings. The third-order valence-electron chi connectivity index (χ3n) is 3.42. The summed E-state index contributed by atoms with van der Waals surface area (Å²) in [5.74, 6) is 0.694. The topological polar surface area (TPSA) is 72.7 Å². The molecule has 6 nitrogen and oxygen atoms in total. The van der Waals surface area contributed by atoms with E-state index in [4.69, 9.17) is 16.3 Å². The van der Waals surface area contributed by atoms with E-state index in [0.717, 1.165) is 5.56 Å². The molecule has 7 heteroatoms. The smallest absolute Gasteiger partial charge is 0.271 e. The first kappa shape index (κ1) is 14.3. The molecule has 3 rings (SSSR count). The molecule has 0 unspecified atom stereocenters. The van der Waals surface area contributed by atoms with Gasteiger partial charge in [-0.05, 0) is 23.8 Å². The fourth-order valence-corrected chi connectivity index (χ4v) is 2.52. The Morgan fingerprint density at radius 1 is 1.27 bits per heavy atom. The lowest BCUT2D eigenvalue weighted by molar-refractivity contribution is -0.384. The monoisotopic (exact) mass is 318 g/mol. The maximum absolute atomic E-state index is 12.0. The number of nitro groups is 1. The average molecular weight is 319 g/mol. The Morgan fingerprint density at radius 2 is 2.05 bits per heavy atom. The molecule has 0 saturated carbocycles. The molecule has 0 spiro atoms. The van der Waals surface area contributed by atoms with E-state index in [2.05, 4.69) is 0 Å². The highest BCUT2D eigenvalue weighted by molar-refractivity contribution is 6.32. The molecule has 1 heterocycles. The Balaban J connectivity index is 1.89. The molecule has 0 bridgehead atoms. The largest absolute Gasteiger partial charge is 0.456 e. The quantitative estimate of drug-likeness (QED) is 0.640. The summed E-state index contributed by atoms with van der Waals surface area (Å²) in [5, 5.41) is 10.8. The highest BCUT2D eigenvalue weighted by Crippen LogP contribution is 2.34. The SMILES string of the molecule is CN1Cc2ccc(Oc3ccc([N+](=O)[O-])cc3Cl)cc2C1=O. The van der Waals surface area contributed by atoms with Gasteiger partial charge in [0.15, 0.2) is 0 Å². The van der Waals surface area contributed by atoms with Crippen LogP contribution in [-0.2, 0) is 6.54 Å². The lowest BCUT2D eigenvalue weighted by Gasteiger charge is -2.08. The van der Waals surface area contributed by atoms with Crippen LogP contribution < -0.4 is 4.74 Å². The molecule has 0 radical (unpaired) electrons. The summed E-state index contributed by atoms with van der Waals surface area (Å²) >= 11 is 5.99. The van der Waals surface area contributed by atoms with Crippen molar-refractivity contribution in [2.75, 3.05) is 7.05 Å². The van der Waals surface area contributed by atoms with Crippen LogP contribution in [0.1, 0.15) is 15.9 Å². The Bertz CT molecular complexity index is 791. The number of nitro benzene ring substituents is 1. The fourth-order valence-electron chi connectivity index (χ4n) is 2.30. The predicted molar refractivity (Wildman–Crippen MR) is 80.4 cm³/mol. The van der Waals surface area contributed by atoms with Gasteiger partial charge in [0.25, 0.3) is 11.6 Å². The molecule has 112 valence electrons. The zero-order valence-corrected chi connectivity index (χ0v) is 12.3. The first-order chi connectivity index (χ1) is 10.5. The Hall–Kier alpha value is -2.60. The van der Waals surface area contributed by atoms with Crippen molar-refractivity contribution < 1.29 is 14.5 Å². The third-order valence-corrected chi connectivity index (χ3v) is 3.72. The number of carbonyl (C=O) groups excluding carboxylic acids is 1. The van der Waals surface area contributed by atoms with Gasteiger partial charge in [-0.3, -0.25) is 14.9 Å². The van der Waals surface area contributed by atoms with Crippen molar-refractivity contribution in [3.05, 3.63) is 62.7 Å². The third kappa shape index (κ3) is 2.48. The van der Waals surface area contributed by atoms with Crippen LogP contribution in [0.3, 0.4) is 0 Å². The fraction of sp³-hybridized carbons (Fsp3) is 0.133. The van der Waals surface area contributed by atoms with Crippen molar-refractivity contribution in [2.24, 2.45) is 0 Å². The molecule has 0 saturated heterocycles. The van der Waals surface area contributed by atoms with Gasteiger partial charge in [0.05, 0.1) is 9.95 Å². The van der Waals surface area contributed by atoms with Crippen molar-refractivity contribution in [3.8, 4) is 11.5 Å². The molecular weight excluding hydrogens is 308 g/mol. The minimum atomic E-state index is -0.528. The number of nitrogens with zero attached hydrogens (tertiary/aromatic N) is 2. The van der Waals surface area contributed by atoms with E-state index in [1.165, 1.54) is 18.2 Å². The second-order valence-corrected chi connectivity index (χ2v) is 5.36. The van der Waals surface area contributed by atoms with E-state index in [1.54, 1.807) is 24.1 Å². The summed E-state index contributed by atoms with van der Waals surface area (Å²) in [6.45, 7) is 0.576. The van der Waals surface area contributed by atoms with Crippen LogP contribution in [0.5, 0.6) is 11.5 Å². The molecule has 2 aromatic carbocycles. The van der Waals surface area contributed by atoms with Gasteiger partial charge in [-0.1, -0.05) is 17.7 Å². The molecule has 0 aromatic heterocycles. The summed E-state index contributed by atoms with van der Waals surface area (Å²) < 4.78 is 5.63. The first-order valence-corrected chi connectivity index (χ1v) is 6.83. The van der Waals surface area contributed by atoms with Crippen molar-refractivity contribution in [1.29, 1.82) is 0 Å². The van der Waals surface area contributed by atoms with Gasteiger partial charge in [-0.25, -0.2) is 0 Å². The molecule has 1 amide bonds. The molecule has 1 aliphatic heterocycles. The molecule has 0 fully saturated rings. The van der Waals surface area contributed by atoms with E-state index >= 15 is 0 Å². The van der Waals surface area contributed by atoms with Gasteiger partial charge < -0.3 is 9.64 Å². The summed E-state index contributed by atoms with van der Waals surface area (Å²) in [4.78, 5) is 23.7. The number of benzene rings is 2. The second-order valence-electron chi connectivity index (χ2n) is 4.95. The molecule has 0 aliphatic carbocycles. The second kappa shape index (κ2) is 5.31. The van der Waals surface area contributed by atoms with Crippen LogP contribution in [0.15, 0.2) is 36.4 Å². The molecule has 22 heavy (non-hydrogen) atoms. The van der Waals surface area contributed by atoms with Crippen molar-refractivity contribution in [2.45, 2.75) is 6.54 Å². The number of rotatable bonds is 3. The lowest BCUT2D eigenvalue weighted by Crippen LogP contribution is -2.17. The van der Waals surface area contributed by atoms with E-state index < -0.39 is 4.92 Å². The van der Waals surface area contributed by atoms with Crippen LogP contribution >= 0.6 is 11.6 Å². The Morgan fingerprint density at radius 3 is 2.73 bits per heavy atom. The number of ether oxygens (including phenoxy) is 1. The first-order valence-electron chi connectivity index (χ1n) is 6.46. The number of halogens is 1. The van der Waals surface area contributed by atoms with Gasteiger partial charge >= 0.3 is 0 Å². The van der Waals surface area contributed by atoms with Crippen LogP contribution in [-0.4, -0.2) is 22.8 Å². The number of non-ortho nitro benzene ring substituents is 1. The summed E-state index contributed by atoms with van der Waals surface area (Å²) in [7, 11) is 1.73. The highest BCUT2D eigenvalue weighted by atomic mass is 35.5. The van der Waals surface area contributed by atoms with Crippen LogP contribution in [0, 0.1) is 10.1 Å². The van der Waals surface area contributed by atoms with Gasteiger partial charge in [-0.2, -0.15) is 0 Å². The summed E-state index contributed by atoms with van der Waals surface area (Å²) in [5.41, 5.74) is 1.43. The standard InChI is InChI=1S/C15H11ClN2O4/c1-17-8-9-2-4-11(7-12(9)15(17)19)22-14-5-3-10(18(20)21)6-13(14)16/h2-7H,8H2,1H3. The van der Waals surface area contributed by atoms with Gasteiger partial charge in [0.2, 0.25) is 0 Å². The summed E-state index contributed by atoms with van der Waals surface area (Å²) in [6.07, 6.45) is 0. The van der Waals surface area contributed by atoms with Crippen LogP contribution in [0.25, 0.3) is 0 Å². The lowest BCUT2D eigenvalue weighted by atomic mass is 10.1. The van der Waals surface area contributed by atoms with E-state index in [9.17, 15) is 14.9 Å². The molecule has 0 N–H and O–H groups in total. The number of hydrogen-bond acceptors (Lipinski definition) is 4. The molecular formula is C15H11ClN2O4. The van der Waals surface area contributed by atoms with Gasteiger partial charge in [0.1, 0.15) is 11.5 Å².